The van der Waals surface area contributed by atoms with Crippen LogP contribution >= 0.6 is 11.8 Å². The van der Waals surface area contributed by atoms with Crippen molar-refractivity contribution in [2.75, 3.05) is 30.8 Å². The highest BCUT2D eigenvalue weighted by molar-refractivity contribution is 8.00. The SMILES string of the molecule is CCOc1ccccc1NC(=O)CSc1cn(CC(=O)N(CC)CC)c2ccccc12. The van der Waals surface area contributed by atoms with E-state index in [1.807, 2.05) is 85.0 Å². The molecule has 0 aliphatic rings. The van der Waals surface area contributed by atoms with Gasteiger partial charge in [0.05, 0.1) is 18.0 Å². The molecular formula is C24H29N3O3S. The molecule has 31 heavy (non-hydrogen) atoms. The van der Waals surface area contributed by atoms with Crippen molar-refractivity contribution in [1.82, 2.24) is 9.47 Å². The lowest BCUT2D eigenvalue weighted by molar-refractivity contribution is -0.131. The van der Waals surface area contributed by atoms with Crippen molar-refractivity contribution < 1.29 is 14.3 Å². The molecule has 0 saturated carbocycles. The molecule has 7 heteroatoms. The van der Waals surface area contributed by atoms with E-state index in [0.717, 1.165) is 15.8 Å². The third-order valence-corrected chi connectivity index (χ3v) is 6.04. The minimum Gasteiger partial charge on any atom is -0.492 e. The van der Waals surface area contributed by atoms with Crippen LogP contribution in [0.5, 0.6) is 5.75 Å². The smallest absolute Gasteiger partial charge is 0.242 e. The van der Waals surface area contributed by atoms with Crippen molar-refractivity contribution in [3.05, 3.63) is 54.7 Å². The largest absolute Gasteiger partial charge is 0.492 e. The number of likely N-dealkylation sites (N-methyl/N-ethyl adjacent to an activating group) is 1. The van der Waals surface area contributed by atoms with E-state index in [1.165, 1.54) is 11.8 Å². The maximum Gasteiger partial charge on any atom is 0.242 e. The van der Waals surface area contributed by atoms with E-state index in [1.54, 1.807) is 0 Å². The first-order chi connectivity index (χ1) is 15.1. The van der Waals surface area contributed by atoms with Crippen LogP contribution in [-0.4, -0.2) is 46.7 Å². The number of hydrogen-bond donors (Lipinski definition) is 1. The van der Waals surface area contributed by atoms with E-state index in [-0.39, 0.29) is 24.1 Å². The molecule has 0 aliphatic carbocycles. The molecule has 1 heterocycles. The molecule has 1 aromatic heterocycles. The summed E-state index contributed by atoms with van der Waals surface area (Å²) in [6, 6.07) is 15.4. The lowest BCUT2D eigenvalue weighted by Gasteiger charge is -2.19. The molecule has 3 rings (SSSR count). The fourth-order valence-corrected chi connectivity index (χ4v) is 4.35. The number of aromatic nitrogens is 1. The van der Waals surface area contributed by atoms with Crippen LogP contribution in [0, 0.1) is 0 Å². The molecule has 6 nitrogen and oxygen atoms in total. The molecular weight excluding hydrogens is 410 g/mol. The third kappa shape index (κ3) is 5.61. The van der Waals surface area contributed by atoms with E-state index in [4.69, 9.17) is 4.74 Å². The fourth-order valence-electron chi connectivity index (χ4n) is 3.46. The second kappa shape index (κ2) is 10.9. The number of carbonyl (C=O) groups excluding carboxylic acids is 2. The van der Waals surface area contributed by atoms with Crippen LogP contribution < -0.4 is 10.1 Å². The summed E-state index contributed by atoms with van der Waals surface area (Å²) in [5.41, 5.74) is 1.66. The standard InChI is InChI=1S/C24H29N3O3S/c1-4-26(5-2)24(29)16-27-15-22(18-11-7-9-13-20(18)27)31-17-23(28)25-19-12-8-10-14-21(19)30-6-3/h7-15H,4-6,16-17H2,1-3H3,(H,25,28). The van der Waals surface area contributed by atoms with Crippen LogP contribution in [-0.2, 0) is 16.1 Å². The Kier molecular flexibility index (Phi) is 8.00. The van der Waals surface area contributed by atoms with Gasteiger partial charge in [-0.05, 0) is 39.0 Å². The second-order valence-electron chi connectivity index (χ2n) is 6.97. The molecule has 0 aliphatic heterocycles. The van der Waals surface area contributed by atoms with E-state index >= 15 is 0 Å². The zero-order valence-corrected chi connectivity index (χ0v) is 19.1. The number of carbonyl (C=O) groups is 2. The van der Waals surface area contributed by atoms with Gasteiger partial charge >= 0.3 is 0 Å². The summed E-state index contributed by atoms with van der Waals surface area (Å²) in [7, 11) is 0. The number of thioether (sulfide) groups is 1. The van der Waals surface area contributed by atoms with Gasteiger partial charge in [-0.25, -0.2) is 0 Å². The quantitative estimate of drug-likeness (QED) is 0.468. The number of amides is 2. The Labute approximate surface area is 187 Å². The van der Waals surface area contributed by atoms with Gasteiger partial charge in [0, 0.05) is 35.1 Å². The Bertz CT molecular complexity index is 1040. The summed E-state index contributed by atoms with van der Waals surface area (Å²) < 4.78 is 7.55. The highest BCUT2D eigenvalue weighted by Crippen LogP contribution is 2.31. The number of fused-ring (bicyclic) bond motifs is 1. The van der Waals surface area contributed by atoms with Crippen LogP contribution in [0.3, 0.4) is 0 Å². The van der Waals surface area contributed by atoms with Crippen LogP contribution in [0.15, 0.2) is 59.6 Å². The highest BCUT2D eigenvalue weighted by Gasteiger charge is 2.16. The van der Waals surface area contributed by atoms with Gasteiger partial charge < -0.3 is 19.5 Å². The van der Waals surface area contributed by atoms with Crippen molar-refractivity contribution in [2.24, 2.45) is 0 Å². The van der Waals surface area contributed by atoms with Crippen LogP contribution in [0.4, 0.5) is 5.69 Å². The van der Waals surface area contributed by atoms with Crippen molar-refractivity contribution in [3.63, 3.8) is 0 Å². The molecule has 0 radical (unpaired) electrons. The van der Waals surface area contributed by atoms with Gasteiger partial charge in [0.2, 0.25) is 11.8 Å². The second-order valence-corrected chi connectivity index (χ2v) is 7.99. The number of rotatable bonds is 10. The Balaban J connectivity index is 1.72. The van der Waals surface area contributed by atoms with Gasteiger partial charge in [-0.3, -0.25) is 9.59 Å². The molecule has 2 aromatic carbocycles. The number of ether oxygens (including phenoxy) is 1. The Morgan fingerprint density at radius 3 is 2.48 bits per heavy atom. The van der Waals surface area contributed by atoms with Crippen LogP contribution in [0.25, 0.3) is 10.9 Å². The van der Waals surface area contributed by atoms with Gasteiger partial charge in [0.1, 0.15) is 12.3 Å². The number of benzene rings is 2. The van der Waals surface area contributed by atoms with Gasteiger partial charge in [-0.15, -0.1) is 11.8 Å². The molecule has 0 atom stereocenters. The van der Waals surface area contributed by atoms with Gasteiger partial charge in [0.15, 0.2) is 0 Å². The van der Waals surface area contributed by atoms with E-state index in [9.17, 15) is 9.59 Å². The summed E-state index contributed by atoms with van der Waals surface area (Å²) in [4.78, 5) is 28.0. The minimum absolute atomic E-state index is 0.0903. The highest BCUT2D eigenvalue weighted by atomic mass is 32.2. The fraction of sp³-hybridized carbons (Fsp3) is 0.333. The zero-order valence-electron chi connectivity index (χ0n) is 18.3. The predicted octanol–water partition coefficient (Wildman–Crippen LogP) is 4.64. The maximum atomic E-state index is 12.6. The Hall–Kier alpha value is -2.93. The number of nitrogens with one attached hydrogen (secondary N) is 1. The number of nitrogens with zero attached hydrogens (tertiary/aromatic N) is 2. The third-order valence-electron chi connectivity index (χ3n) is 4.99. The summed E-state index contributed by atoms with van der Waals surface area (Å²) in [6.45, 7) is 8.09. The first-order valence-electron chi connectivity index (χ1n) is 10.6. The molecule has 0 spiro atoms. The normalized spacial score (nSPS) is 10.8. The minimum atomic E-state index is -0.104. The topological polar surface area (TPSA) is 63.6 Å². The van der Waals surface area contributed by atoms with Crippen molar-refractivity contribution in [3.8, 4) is 5.75 Å². The van der Waals surface area contributed by atoms with Gasteiger partial charge in [-0.2, -0.15) is 0 Å². The first-order valence-corrected chi connectivity index (χ1v) is 11.6. The average molecular weight is 440 g/mol. The Morgan fingerprint density at radius 2 is 1.74 bits per heavy atom. The number of para-hydroxylation sites is 3. The van der Waals surface area contributed by atoms with Crippen molar-refractivity contribution >= 4 is 40.2 Å². The summed E-state index contributed by atoms with van der Waals surface area (Å²) >= 11 is 1.47. The molecule has 3 aromatic rings. The lowest BCUT2D eigenvalue weighted by Crippen LogP contribution is -2.33. The zero-order chi connectivity index (χ0) is 22.2. The first kappa shape index (κ1) is 22.7. The molecule has 1 N–H and O–H groups in total. The molecule has 0 fully saturated rings. The van der Waals surface area contributed by atoms with Crippen LogP contribution in [0.2, 0.25) is 0 Å². The van der Waals surface area contributed by atoms with Crippen molar-refractivity contribution in [1.29, 1.82) is 0 Å². The summed E-state index contributed by atoms with van der Waals surface area (Å²) in [5, 5.41) is 3.97. The predicted molar refractivity (Wildman–Crippen MR) is 127 cm³/mol. The molecule has 0 bridgehead atoms. The number of hydrogen-bond acceptors (Lipinski definition) is 4. The monoisotopic (exact) mass is 439 g/mol. The molecule has 0 saturated heterocycles. The number of anilines is 1. The Morgan fingerprint density at radius 1 is 1.03 bits per heavy atom. The average Bonchev–Trinajstić information content (AvgIpc) is 3.12. The van der Waals surface area contributed by atoms with E-state index in [2.05, 4.69) is 5.32 Å². The lowest BCUT2D eigenvalue weighted by atomic mass is 10.2. The van der Waals surface area contributed by atoms with Gasteiger partial charge in [0.25, 0.3) is 0 Å². The molecule has 164 valence electrons. The van der Waals surface area contributed by atoms with Crippen LogP contribution in [0.1, 0.15) is 20.8 Å². The van der Waals surface area contributed by atoms with E-state index in [0.29, 0.717) is 31.1 Å². The van der Waals surface area contributed by atoms with Gasteiger partial charge in [-0.1, -0.05) is 30.3 Å². The van der Waals surface area contributed by atoms with E-state index < -0.39 is 0 Å². The maximum absolute atomic E-state index is 12.6. The summed E-state index contributed by atoms with van der Waals surface area (Å²) in [6.07, 6.45) is 1.97. The van der Waals surface area contributed by atoms with Crippen molar-refractivity contribution in [2.45, 2.75) is 32.2 Å². The molecule has 0 unspecified atom stereocenters. The molecule has 2 amide bonds. The summed E-state index contributed by atoms with van der Waals surface area (Å²) in [5.74, 6) is 0.911.